The fourth-order valence-electron chi connectivity index (χ4n) is 3.81. The van der Waals surface area contributed by atoms with Crippen molar-refractivity contribution in [1.82, 2.24) is 4.90 Å². The summed E-state index contributed by atoms with van der Waals surface area (Å²) in [5, 5.41) is 0. The fourth-order valence-corrected chi connectivity index (χ4v) is 3.81. The number of aryl methyl sites for hydroxylation is 1. The van der Waals surface area contributed by atoms with E-state index in [1.165, 1.54) is 5.56 Å². The minimum Gasteiger partial charge on any atom is -0.492 e. The zero-order valence-corrected chi connectivity index (χ0v) is 21.6. The number of hydrogen-bond donors (Lipinski definition) is 0. The van der Waals surface area contributed by atoms with Crippen molar-refractivity contribution in [3.05, 3.63) is 95.6 Å². The van der Waals surface area contributed by atoms with Crippen molar-refractivity contribution >= 4 is 17.4 Å². The Morgan fingerprint density at radius 3 is 2.03 bits per heavy atom. The molecule has 0 bridgehead atoms. The molecule has 3 rings (SSSR count). The van der Waals surface area contributed by atoms with Gasteiger partial charge in [0, 0.05) is 12.1 Å². The number of aldehydes is 1. The maximum atomic E-state index is 12.3. The van der Waals surface area contributed by atoms with Gasteiger partial charge in [-0.3, -0.25) is 4.79 Å². The maximum Gasteiger partial charge on any atom is 0.150 e. The number of ether oxygens (including phenoxy) is 2. The molecule has 0 heterocycles. The molecule has 0 atom stereocenters. The standard InChI is InChI=1S/C31H37NO3/c1-31(2,3)35-28-18-14-26(15-19-28)30(23-33)29(25-9-7-6-8-10-25)20-13-24-11-16-27(17-12-24)34-22-21-32(4)5/h6-12,14-19,23H,13,20-22H2,1-5H3. The van der Waals surface area contributed by atoms with Crippen molar-refractivity contribution in [2.45, 2.75) is 39.2 Å². The molecule has 0 fully saturated rings. The van der Waals surface area contributed by atoms with Crippen LogP contribution in [0.3, 0.4) is 0 Å². The predicted molar refractivity (Wildman–Crippen MR) is 145 cm³/mol. The van der Waals surface area contributed by atoms with Crippen LogP contribution in [-0.2, 0) is 11.2 Å². The molecule has 0 aliphatic rings. The Kier molecular flexibility index (Phi) is 9.27. The first kappa shape index (κ1) is 26.2. The summed E-state index contributed by atoms with van der Waals surface area (Å²) in [6.07, 6.45) is 2.55. The molecule has 0 radical (unpaired) electrons. The number of allylic oxidation sites excluding steroid dienone is 2. The normalized spacial score (nSPS) is 12.3. The average Bonchev–Trinajstić information content (AvgIpc) is 2.83. The summed E-state index contributed by atoms with van der Waals surface area (Å²) >= 11 is 0. The highest BCUT2D eigenvalue weighted by molar-refractivity contribution is 6.17. The molecule has 4 nitrogen and oxygen atoms in total. The van der Waals surface area contributed by atoms with Crippen LogP contribution in [0.15, 0.2) is 78.9 Å². The third kappa shape index (κ3) is 8.41. The molecule has 4 heteroatoms. The summed E-state index contributed by atoms with van der Waals surface area (Å²) in [4.78, 5) is 14.4. The van der Waals surface area contributed by atoms with Crippen LogP contribution in [-0.4, -0.2) is 44.0 Å². The molecule has 3 aromatic rings. The van der Waals surface area contributed by atoms with Gasteiger partial charge in [-0.25, -0.2) is 0 Å². The number of carbonyl (C=O) groups excluding carboxylic acids is 1. The first-order valence-corrected chi connectivity index (χ1v) is 12.1. The lowest BCUT2D eigenvalue weighted by Crippen LogP contribution is -2.22. The van der Waals surface area contributed by atoms with Gasteiger partial charge in [-0.15, -0.1) is 0 Å². The molecule has 0 aliphatic carbocycles. The van der Waals surface area contributed by atoms with Crippen molar-refractivity contribution in [2.75, 3.05) is 27.2 Å². The van der Waals surface area contributed by atoms with Gasteiger partial charge in [-0.05, 0) is 94.2 Å². The largest absolute Gasteiger partial charge is 0.492 e. The third-order valence-corrected chi connectivity index (χ3v) is 5.55. The van der Waals surface area contributed by atoms with E-state index in [-0.39, 0.29) is 5.60 Å². The van der Waals surface area contributed by atoms with E-state index in [0.717, 1.165) is 53.9 Å². The van der Waals surface area contributed by atoms with Crippen LogP contribution < -0.4 is 9.47 Å². The Bertz CT molecular complexity index is 1090. The van der Waals surface area contributed by atoms with Crippen molar-refractivity contribution < 1.29 is 14.3 Å². The fraction of sp³-hybridized carbons (Fsp3) is 0.323. The van der Waals surface area contributed by atoms with Crippen molar-refractivity contribution in [3.8, 4) is 11.5 Å². The third-order valence-electron chi connectivity index (χ3n) is 5.55. The molecule has 35 heavy (non-hydrogen) atoms. The molecule has 0 N–H and O–H groups in total. The highest BCUT2D eigenvalue weighted by Gasteiger charge is 2.14. The summed E-state index contributed by atoms with van der Waals surface area (Å²) in [7, 11) is 4.07. The van der Waals surface area contributed by atoms with Gasteiger partial charge >= 0.3 is 0 Å². The van der Waals surface area contributed by atoms with Crippen LogP contribution in [0.1, 0.15) is 43.9 Å². The monoisotopic (exact) mass is 471 g/mol. The summed E-state index contributed by atoms with van der Waals surface area (Å²) in [6, 6.07) is 26.2. The molecule has 0 aliphatic heterocycles. The van der Waals surface area contributed by atoms with Crippen molar-refractivity contribution in [2.24, 2.45) is 0 Å². The van der Waals surface area contributed by atoms with E-state index in [9.17, 15) is 4.79 Å². The molecule has 0 saturated carbocycles. The Hall–Kier alpha value is -3.37. The van der Waals surface area contributed by atoms with Crippen LogP contribution in [0.2, 0.25) is 0 Å². The van der Waals surface area contributed by atoms with Crippen LogP contribution >= 0.6 is 0 Å². The van der Waals surface area contributed by atoms with E-state index in [1.807, 2.05) is 89.5 Å². The second-order valence-corrected chi connectivity index (χ2v) is 9.91. The van der Waals surface area contributed by atoms with Crippen molar-refractivity contribution in [3.63, 3.8) is 0 Å². The topological polar surface area (TPSA) is 38.8 Å². The summed E-state index contributed by atoms with van der Waals surface area (Å²) in [5.74, 6) is 1.67. The van der Waals surface area contributed by atoms with E-state index < -0.39 is 0 Å². The molecule has 0 saturated heterocycles. The maximum absolute atomic E-state index is 12.3. The molecule has 0 amide bonds. The number of hydrogen-bond acceptors (Lipinski definition) is 4. The minimum absolute atomic E-state index is 0.271. The van der Waals surface area contributed by atoms with Gasteiger partial charge in [0.2, 0.25) is 0 Å². The summed E-state index contributed by atoms with van der Waals surface area (Å²) in [6.45, 7) is 7.61. The number of likely N-dealkylation sites (N-methyl/N-ethyl adjacent to an activating group) is 1. The number of benzene rings is 3. The lowest BCUT2D eigenvalue weighted by molar-refractivity contribution is -0.103. The average molecular weight is 472 g/mol. The zero-order chi connectivity index (χ0) is 25.3. The van der Waals surface area contributed by atoms with E-state index in [0.29, 0.717) is 12.2 Å². The first-order valence-electron chi connectivity index (χ1n) is 12.1. The highest BCUT2D eigenvalue weighted by atomic mass is 16.5. The van der Waals surface area contributed by atoms with Gasteiger partial charge in [0.1, 0.15) is 23.7 Å². The SMILES string of the molecule is CN(C)CCOc1ccc(CCC(=C(C=O)c2ccc(OC(C)(C)C)cc2)c2ccccc2)cc1. The lowest BCUT2D eigenvalue weighted by atomic mass is 9.91. The predicted octanol–water partition coefficient (Wildman–Crippen LogP) is 6.55. The van der Waals surface area contributed by atoms with Gasteiger partial charge in [0.25, 0.3) is 0 Å². The van der Waals surface area contributed by atoms with E-state index in [4.69, 9.17) is 9.47 Å². The summed E-state index contributed by atoms with van der Waals surface area (Å²) in [5.41, 5.74) is 4.64. The van der Waals surface area contributed by atoms with Crippen LogP contribution in [0.4, 0.5) is 0 Å². The van der Waals surface area contributed by atoms with E-state index in [2.05, 4.69) is 29.2 Å². The molecule has 0 aromatic heterocycles. The highest BCUT2D eigenvalue weighted by Crippen LogP contribution is 2.31. The molecule has 3 aromatic carbocycles. The Morgan fingerprint density at radius 2 is 1.46 bits per heavy atom. The van der Waals surface area contributed by atoms with E-state index in [1.54, 1.807) is 0 Å². The first-order chi connectivity index (χ1) is 16.7. The quantitative estimate of drug-likeness (QED) is 0.181. The van der Waals surface area contributed by atoms with Gasteiger partial charge in [-0.2, -0.15) is 0 Å². The second-order valence-electron chi connectivity index (χ2n) is 9.91. The van der Waals surface area contributed by atoms with Gasteiger partial charge < -0.3 is 14.4 Å². The smallest absolute Gasteiger partial charge is 0.150 e. The van der Waals surface area contributed by atoms with Gasteiger partial charge in [-0.1, -0.05) is 54.6 Å². The zero-order valence-electron chi connectivity index (χ0n) is 21.6. The van der Waals surface area contributed by atoms with Crippen molar-refractivity contribution in [1.29, 1.82) is 0 Å². The summed E-state index contributed by atoms with van der Waals surface area (Å²) < 4.78 is 11.8. The van der Waals surface area contributed by atoms with Crippen LogP contribution in [0, 0.1) is 0 Å². The van der Waals surface area contributed by atoms with Crippen LogP contribution in [0.5, 0.6) is 11.5 Å². The molecular weight excluding hydrogens is 434 g/mol. The van der Waals surface area contributed by atoms with Crippen LogP contribution in [0.25, 0.3) is 11.1 Å². The molecule has 184 valence electrons. The molecule has 0 spiro atoms. The number of rotatable bonds is 11. The Balaban J connectivity index is 1.81. The van der Waals surface area contributed by atoms with Gasteiger partial charge in [0.05, 0.1) is 0 Å². The molecular formula is C31H37NO3. The number of carbonyl (C=O) groups is 1. The Labute approximate surface area is 210 Å². The minimum atomic E-state index is -0.271. The van der Waals surface area contributed by atoms with E-state index >= 15 is 0 Å². The second kappa shape index (κ2) is 12.4. The Morgan fingerprint density at radius 1 is 0.829 bits per heavy atom. The molecule has 0 unspecified atom stereocenters. The lowest BCUT2D eigenvalue weighted by Gasteiger charge is -2.21. The number of nitrogens with zero attached hydrogens (tertiary/aromatic N) is 1. The van der Waals surface area contributed by atoms with Gasteiger partial charge in [0.15, 0.2) is 6.29 Å².